The molecule has 0 bridgehead atoms. The van der Waals surface area contributed by atoms with Gasteiger partial charge in [-0.15, -0.1) is 0 Å². The largest absolute Gasteiger partial charge is 0.483 e. The van der Waals surface area contributed by atoms with Crippen LogP contribution in [-0.2, 0) is 16.1 Å². The minimum Gasteiger partial charge on any atom is -0.483 e. The number of nitrogens with one attached hydrogen (secondary N) is 1. The summed E-state index contributed by atoms with van der Waals surface area (Å²) in [5.74, 6) is -0.461. The molecule has 1 unspecified atom stereocenters. The lowest BCUT2D eigenvalue weighted by Gasteiger charge is -2.29. The maximum Gasteiger partial charge on any atom is 0.261 e. The molecule has 0 aromatic heterocycles. The summed E-state index contributed by atoms with van der Waals surface area (Å²) in [6.45, 7) is 9.51. The van der Waals surface area contributed by atoms with Gasteiger partial charge in [0.2, 0.25) is 5.91 Å². The van der Waals surface area contributed by atoms with E-state index < -0.39 is 11.9 Å². The van der Waals surface area contributed by atoms with Gasteiger partial charge in [-0.05, 0) is 63.4 Å². The van der Waals surface area contributed by atoms with Crippen molar-refractivity contribution >= 4 is 11.8 Å². The summed E-state index contributed by atoms with van der Waals surface area (Å²) in [6.07, 6.45) is 0. The van der Waals surface area contributed by atoms with Crippen molar-refractivity contribution < 1.29 is 18.7 Å². The molecule has 2 aromatic rings. The molecule has 0 saturated heterocycles. The predicted molar refractivity (Wildman–Crippen MR) is 111 cm³/mol. The van der Waals surface area contributed by atoms with Crippen LogP contribution in [0.3, 0.4) is 0 Å². The fourth-order valence-corrected chi connectivity index (χ4v) is 3.09. The lowest BCUT2D eigenvalue weighted by molar-refractivity contribution is -0.142. The summed E-state index contributed by atoms with van der Waals surface area (Å²) in [4.78, 5) is 26.7. The first-order chi connectivity index (χ1) is 13.7. The van der Waals surface area contributed by atoms with E-state index in [1.54, 1.807) is 32.0 Å². The smallest absolute Gasteiger partial charge is 0.261 e. The SMILES string of the molecule is CCNC(=O)C(C)N(Cc1ccccc1F)C(=O)COc1cc(C)cc(C)c1C. The highest BCUT2D eigenvalue weighted by atomic mass is 19.1. The number of hydrogen-bond acceptors (Lipinski definition) is 3. The maximum atomic E-state index is 14.1. The maximum absolute atomic E-state index is 14.1. The minimum atomic E-state index is -0.758. The standard InChI is InChI=1S/C23H29FN2O3/c1-6-25-23(28)18(5)26(13-19-9-7-8-10-20(19)24)22(27)14-29-21-12-15(2)11-16(3)17(21)4/h7-12,18H,6,13-14H2,1-5H3,(H,25,28). The van der Waals surface area contributed by atoms with Crippen LogP contribution in [0.1, 0.15) is 36.1 Å². The van der Waals surface area contributed by atoms with Crippen molar-refractivity contribution in [1.82, 2.24) is 10.2 Å². The zero-order chi connectivity index (χ0) is 21.6. The fourth-order valence-electron chi connectivity index (χ4n) is 3.09. The van der Waals surface area contributed by atoms with Gasteiger partial charge in [0, 0.05) is 18.7 Å². The number of aryl methyl sites for hydroxylation is 2. The molecule has 0 radical (unpaired) electrons. The third-order valence-electron chi connectivity index (χ3n) is 4.93. The molecule has 2 rings (SSSR count). The molecule has 5 nitrogen and oxygen atoms in total. The van der Waals surface area contributed by atoms with Crippen molar-refractivity contribution in [3.05, 3.63) is 64.5 Å². The highest BCUT2D eigenvalue weighted by molar-refractivity contribution is 5.87. The third kappa shape index (κ3) is 5.79. The first-order valence-corrected chi connectivity index (χ1v) is 9.75. The van der Waals surface area contributed by atoms with E-state index in [1.807, 2.05) is 32.9 Å². The van der Waals surface area contributed by atoms with Crippen LogP contribution in [0.2, 0.25) is 0 Å². The van der Waals surface area contributed by atoms with E-state index in [1.165, 1.54) is 11.0 Å². The molecule has 2 amide bonds. The molecule has 0 aliphatic heterocycles. The Balaban J connectivity index is 2.22. The second-order valence-electron chi connectivity index (χ2n) is 7.18. The van der Waals surface area contributed by atoms with Crippen molar-refractivity contribution in [2.75, 3.05) is 13.2 Å². The van der Waals surface area contributed by atoms with Gasteiger partial charge in [0.1, 0.15) is 17.6 Å². The second-order valence-corrected chi connectivity index (χ2v) is 7.18. The van der Waals surface area contributed by atoms with Crippen molar-refractivity contribution in [2.45, 2.75) is 47.2 Å². The molecule has 2 aromatic carbocycles. The molecule has 29 heavy (non-hydrogen) atoms. The van der Waals surface area contributed by atoms with Gasteiger partial charge in [-0.25, -0.2) is 4.39 Å². The van der Waals surface area contributed by atoms with Crippen LogP contribution in [-0.4, -0.2) is 35.9 Å². The molecule has 0 heterocycles. The van der Waals surface area contributed by atoms with E-state index >= 15 is 0 Å². The van der Waals surface area contributed by atoms with Crippen LogP contribution in [0.5, 0.6) is 5.75 Å². The Morgan fingerprint density at radius 2 is 1.86 bits per heavy atom. The quantitative estimate of drug-likeness (QED) is 0.735. The van der Waals surface area contributed by atoms with Crippen molar-refractivity contribution in [3.63, 3.8) is 0 Å². The van der Waals surface area contributed by atoms with E-state index in [2.05, 4.69) is 5.32 Å². The number of likely N-dealkylation sites (N-methyl/N-ethyl adjacent to an activating group) is 1. The number of rotatable bonds is 8. The topological polar surface area (TPSA) is 58.6 Å². The molecule has 156 valence electrons. The molecular formula is C23H29FN2O3. The molecular weight excluding hydrogens is 371 g/mol. The lowest BCUT2D eigenvalue weighted by atomic mass is 10.1. The Kier molecular flexibility index (Phi) is 7.76. The van der Waals surface area contributed by atoms with Crippen molar-refractivity contribution in [1.29, 1.82) is 0 Å². The summed E-state index contributed by atoms with van der Waals surface area (Å²) in [5.41, 5.74) is 3.42. The summed E-state index contributed by atoms with van der Waals surface area (Å²) >= 11 is 0. The number of hydrogen-bond donors (Lipinski definition) is 1. The summed E-state index contributed by atoms with van der Waals surface area (Å²) < 4.78 is 19.9. The van der Waals surface area contributed by atoms with E-state index in [0.717, 1.165) is 16.7 Å². The van der Waals surface area contributed by atoms with Crippen LogP contribution in [0.25, 0.3) is 0 Å². The van der Waals surface area contributed by atoms with Crippen LogP contribution >= 0.6 is 0 Å². The normalized spacial score (nSPS) is 11.7. The molecule has 0 aliphatic carbocycles. The van der Waals surface area contributed by atoms with Crippen molar-refractivity contribution in [2.24, 2.45) is 0 Å². The van der Waals surface area contributed by atoms with Gasteiger partial charge in [-0.2, -0.15) is 0 Å². The summed E-state index contributed by atoms with van der Waals surface area (Å²) in [7, 11) is 0. The van der Waals surface area contributed by atoms with Gasteiger partial charge in [-0.1, -0.05) is 24.3 Å². The van der Waals surface area contributed by atoms with Crippen molar-refractivity contribution in [3.8, 4) is 5.75 Å². The van der Waals surface area contributed by atoms with E-state index in [4.69, 9.17) is 4.74 Å². The van der Waals surface area contributed by atoms with E-state index in [0.29, 0.717) is 17.9 Å². The van der Waals surface area contributed by atoms with E-state index in [-0.39, 0.29) is 25.0 Å². The highest BCUT2D eigenvalue weighted by Crippen LogP contribution is 2.23. The number of amides is 2. The second kappa shape index (κ2) is 10.0. The van der Waals surface area contributed by atoms with Gasteiger partial charge in [-0.3, -0.25) is 9.59 Å². The molecule has 1 atom stereocenters. The zero-order valence-electron chi connectivity index (χ0n) is 17.7. The van der Waals surface area contributed by atoms with Crippen LogP contribution in [0.4, 0.5) is 4.39 Å². The van der Waals surface area contributed by atoms with Gasteiger partial charge in [0.05, 0.1) is 0 Å². The molecule has 0 spiro atoms. The first-order valence-electron chi connectivity index (χ1n) is 9.75. The Morgan fingerprint density at radius 3 is 2.52 bits per heavy atom. The fraction of sp³-hybridized carbons (Fsp3) is 0.391. The average Bonchev–Trinajstić information content (AvgIpc) is 2.68. The number of carbonyl (C=O) groups excluding carboxylic acids is 2. The molecule has 6 heteroatoms. The lowest BCUT2D eigenvalue weighted by Crippen LogP contribution is -2.49. The molecule has 0 aliphatic rings. The van der Waals surface area contributed by atoms with Crippen LogP contribution in [0, 0.1) is 26.6 Å². The number of ether oxygens (including phenoxy) is 1. The Morgan fingerprint density at radius 1 is 1.17 bits per heavy atom. The predicted octanol–water partition coefficient (Wildman–Crippen LogP) is 3.68. The number of halogens is 1. The Bertz CT molecular complexity index is 882. The molecule has 1 N–H and O–H groups in total. The average molecular weight is 400 g/mol. The summed E-state index contributed by atoms with van der Waals surface area (Å²) in [5, 5.41) is 2.71. The minimum absolute atomic E-state index is 0.0149. The Labute approximate surface area is 171 Å². The monoisotopic (exact) mass is 400 g/mol. The van der Waals surface area contributed by atoms with Crippen LogP contribution in [0.15, 0.2) is 36.4 Å². The Hall–Kier alpha value is -2.89. The van der Waals surface area contributed by atoms with Crippen LogP contribution < -0.4 is 10.1 Å². The number of benzene rings is 2. The zero-order valence-corrected chi connectivity index (χ0v) is 17.7. The number of carbonyl (C=O) groups is 2. The number of nitrogens with zero attached hydrogens (tertiary/aromatic N) is 1. The summed E-state index contributed by atoms with van der Waals surface area (Å²) in [6, 6.07) is 9.40. The van der Waals surface area contributed by atoms with Gasteiger partial charge in [0.25, 0.3) is 5.91 Å². The van der Waals surface area contributed by atoms with Gasteiger partial charge >= 0.3 is 0 Å². The van der Waals surface area contributed by atoms with Gasteiger partial charge in [0.15, 0.2) is 6.61 Å². The molecule has 0 saturated carbocycles. The van der Waals surface area contributed by atoms with E-state index in [9.17, 15) is 14.0 Å². The third-order valence-corrected chi connectivity index (χ3v) is 4.93. The molecule has 0 fully saturated rings. The van der Waals surface area contributed by atoms with Gasteiger partial charge < -0.3 is 15.0 Å². The first kappa shape index (κ1) is 22.4. The highest BCUT2D eigenvalue weighted by Gasteiger charge is 2.27.